The molecular formula is C13H17N3O. The van der Waals surface area contributed by atoms with Crippen molar-refractivity contribution in [2.45, 2.75) is 13.5 Å². The lowest BCUT2D eigenvalue weighted by Gasteiger charge is -2.08. The second-order valence-electron chi connectivity index (χ2n) is 3.76. The Labute approximate surface area is 101 Å². The molecular weight excluding hydrogens is 214 g/mol. The Hall–Kier alpha value is -1.97. The Morgan fingerprint density at radius 3 is 2.59 bits per heavy atom. The van der Waals surface area contributed by atoms with Crippen molar-refractivity contribution < 1.29 is 4.74 Å². The van der Waals surface area contributed by atoms with Gasteiger partial charge in [0.25, 0.3) is 0 Å². The topological polar surface area (TPSA) is 39.1 Å². The minimum Gasteiger partial charge on any atom is -0.494 e. The molecule has 0 spiro atoms. The zero-order valence-corrected chi connectivity index (χ0v) is 10.2. The number of hydrogen-bond donors (Lipinski definition) is 1. The van der Waals surface area contributed by atoms with Crippen LogP contribution in [0.2, 0.25) is 0 Å². The normalized spacial score (nSPS) is 10.2. The first kappa shape index (κ1) is 11.5. The molecule has 0 radical (unpaired) electrons. The molecule has 90 valence electrons. The van der Waals surface area contributed by atoms with Crippen LogP contribution in [0, 0.1) is 0 Å². The van der Waals surface area contributed by atoms with Crippen LogP contribution < -0.4 is 10.1 Å². The molecule has 0 amide bonds. The van der Waals surface area contributed by atoms with E-state index in [9.17, 15) is 0 Å². The lowest BCUT2D eigenvalue weighted by atomic mass is 10.3. The summed E-state index contributed by atoms with van der Waals surface area (Å²) in [7, 11) is 1.94. The zero-order valence-electron chi connectivity index (χ0n) is 10.2. The average molecular weight is 231 g/mol. The number of rotatable bonds is 5. The fraction of sp³-hybridized carbons (Fsp3) is 0.308. The van der Waals surface area contributed by atoms with Gasteiger partial charge in [0, 0.05) is 18.9 Å². The maximum atomic E-state index is 5.39. The maximum absolute atomic E-state index is 5.39. The van der Waals surface area contributed by atoms with Crippen molar-refractivity contribution >= 4 is 5.69 Å². The number of anilines is 1. The summed E-state index contributed by atoms with van der Waals surface area (Å²) >= 11 is 0. The minimum absolute atomic E-state index is 0.696. The summed E-state index contributed by atoms with van der Waals surface area (Å²) in [5.74, 6) is 0.901. The van der Waals surface area contributed by atoms with Crippen LogP contribution in [-0.2, 0) is 13.6 Å². The Bertz CT molecular complexity index is 462. The molecule has 0 saturated carbocycles. The lowest BCUT2D eigenvalue weighted by Crippen LogP contribution is -2.05. The second kappa shape index (κ2) is 5.39. The summed E-state index contributed by atoms with van der Waals surface area (Å²) < 4.78 is 7.25. The van der Waals surface area contributed by atoms with E-state index >= 15 is 0 Å². The monoisotopic (exact) mass is 231 g/mol. The summed E-state index contributed by atoms with van der Waals surface area (Å²) in [5, 5.41) is 7.46. The number of nitrogens with zero attached hydrogens (tertiary/aromatic N) is 2. The van der Waals surface area contributed by atoms with E-state index in [0.717, 1.165) is 23.7 Å². The van der Waals surface area contributed by atoms with Crippen LogP contribution in [0.3, 0.4) is 0 Å². The van der Waals surface area contributed by atoms with E-state index in [-0.39, 0.29) is 0 Å². The van der Waals surface area contributed by atoms with Gasteiger partial charge in [0.15, 0.2) is 0 Å². The van der Waals surface area contributed by atoms with E-state index in [1.54, 1.807) is 6.20 Å². The van der Waals surface area contributed by atoms with Crippen LogP contribution >= 0.6 is 0 Å². The number of ether oxygens (including phenoxy) is 1. The highest BCUT2D eigenvalue weighted by Crippen LogP contribution is 2.16. The van der Waals surface area contributed by atoms with Crippen LogP contribution in [-0.4, -0.2) is 16.4 Å². The molecule has 0 unspecified atom stereocenters. The Balaban J connectivity index is 1.93. The molecule has 17 heavy (non-hydrogen) atoms. The molecule has 0 aliphatic heterocycles. The van der Waals surface area contributed by atoms with Gasteiger partial charge in [-0.3, -0.25) is 4.68 Å². The van der Waals surface area contributed by atoms with Crippen molar-refractivity contribution in [3.63, 3.8) is 0 Å². The first-order valence-corrected chi connectivity index (χ1v) is 5.73. The van der Waals surface area contributed by atoms with E-state index in [0.29, 0.717) is 6.61 Å². The van der Waals surface area contributed by atoms with Crippen molar-refractivity contribution in [2.24, 2.45) is 7.05 Å². The van der Waals surface area contributed by atoms with Gasteiger partial charge in [-0.25, -0.2) is 0 Å². The summed E-state index contributed by atoms with van der Waals surface area (Å²) in [6, 6.07) is 9.97. The van der Waals surface area contributed by atoms with Crippen molar-refractivity contribution in [1.29, 1.82) is 0 Å². The van der Waals surface area contributed by atoms with Crippen molar-refractivity contribution in [3.05, 3.63) is 42.2 Å². The quantitative estimate of drug-likeness (QED) is 0.859. The molecule has 1 aromatic heterocycles. The SMILES string of the molecule is CCOc1ccc(NCc2ccnn2C)cc1. The first-order valence-electron chi connectivity index (χ1n) is 5.73. The molecule has 1 N–H and O–H groups in total. The van der Waals surface area contributed by atoms with Crippen LogP contribution in [0.25, 0.3) is 0 Å². The van der Waals surface area contributed by atoms with Crippen LogP contribution in [0.5, 0.6) is 5.75 Å². The fourth-order valence-corrected chi connectivity index (χ4v) is 1.60. The Morgan fingerprint density at radius 1 is 1.24 bits per heavy atom. The Morgan fingerprint density at radius 2 is 2.00 bits per heavy atom. The molecule has 0 aliphatic rings. The summed E-state index contributed by atoms with van der Waals surface area (Å²) in [4.78, 5) is 0. The number of benzene rings is 1. The number of aryl methyl sites for hydroxylation is 1. The standard InChI is InChI=1S/C13H17N3O/c1-3-17-13-6-4-11(5-7-13)14-10-12-8-9-15-16(12)2/h4-9,14H,3,10H2,1-2H3. The number of aromatic nitrogens is 2. The van der Waals surface area contributed by atoms with E-state index in [4.69, 9.17) is 4.74 Å². The van der Waals surface area contributed by atoms with E-state index in [1.807, 2.05) is 49.0 Å². The molecule has 1 aromatic carbocycles. The predicted octanol–water partition coefficient (Wildman–Crippen LogP) is 2.43. The highest BCUT2D eigenvalue weighted by molar-refractivity contribution is 5.46. The van der Waals surface area contributed by atoms with Gasteiger partial charge in [0.2, 0.25) is 0 Å². The largest absolute Gasteiger partial charge is 0.494 e. The van der Waals surface area contributed by atoms with Crippen LogP contribution in [0.1, 0.15) is 12.6 Å². The first-order chi connectivity index (χ1) is 8.29. The molecule has 1 heterocycles. The van der Waals surface area contributed by atoms with Crippen LogP contribution in [0.15, 0.2) is 36.5 Å². The third-order valence-electron chi connectivity index (χ3n) is 2.56. The third-order valence-corrected chi connectivity index (χ3v) is 2.56. The smallest absolute Gasteiger partial charge is 0.119 e. The van der Waals surface area contributed by atoms with E-state index < -0.39 is 0 Å². The second-order valence-corrected chi connectivity index (χ2v) is 3.76. The van der Waals surface area contributed by atoms with Gasteiger partial charge < -0.3 is 10.1 Å². The van der Waals surface area contributed by atoms with Gasteiger partial charge in [-0.2, -0.15) is 5.10 Å². The molecule has 0 saturated heterocycles. The Kier molecular flexibility index (Phi) is 3.65. The zero-order chi connectivity index (χ0) is 12.1. The van der Waals surface area contributed by atoms with Gasteiger partial charge in [-0.05, 0) is 37.3 Å². The molecule has 2 rings (SSSR count). The van der Waals surface area contributed by atoms with Gasteiger partial charge in [0.1, 0.15) is 5.75 Å². The molecule has 2 aromatic rings. The highest BCUT2D eigenvalue weighted by atomic mass is 16.5. The van der Waals surface area contributed by atoms with E-state index in [2.05, 4.69) is 10.4 Å². The maximum Gasteiger partial charge on any atom is 0.119 e. The molecule has 0 fully saturated rings. The molecule has 0 bridgehead atoms. The van der Waals surface area contributed by atoms with Gasteiger partial charge in [0.05, 0.1) is 18.8 Å². The molecule has 4 nitrogen and oxygen atoms in total. The minimum atomic E-state index is 0.696. The number of nitrogens with one attached hydrogen (secondary N) is 1. The van der Waals surface area contributed by atoms with Crippen molar-refractivity contribution in [2.75, 3.05) is 11.9 Å². The van der Waals surface area contributed by atoms with Crippen LogP contribution in [0.4, 0.5) is 5.69 Å². The fourth-order valence-electron chi connectivity index (χ4n) is 1.60. The van der Waals surface area contributed by atoms with Crippen molar-refractivity contribution in [1.82, 2.24) is 9.78 Å². The summed E-state index contributed by atoms with van der Waals surface area (Å²) in [6.07, 6.45) is 1.80. The number of hydrogen-bond acceptors (Lipinski definition) is 3. The molecule has 0 atom stereocenters. The van der Waals surface area contributed by atoms with Gasteiger partial charge in [-0.15, -0.1) is 0 Å². The molecule has 0 aliphatic carbocycles. The summed E-state index contributed by atoms with van der Waals surface area (Å²) in [5.41, 5.74) is 2.23. The van der Waals surface area contributed by atoms with Gasteiger partial charge in [-0.1, -0.05) is 0 Å². The van der Waals surface area contributed by atoms with Gasteiger partial charge >= 0.3 is 0 Å². The predicted molar refractivity (Wildman–Crippen MR) is 68.1 cm³/mol. The van der Waals surface area contributed by atoms with E-state index in [1.165, 1.54) is 0 Å². The lowest BCUT2D eigenvalue weighted by molar-refractivity contribution is 0.340. The third kappa shape index (κ3) is 3.00. The summed E-state index contributed by atoms with van der Waals surface area (Å²) in [6.45, 7) is 3.45. The average Bonchev–Trinajstić information content (AvgIpc) is 2.75. The van der Waals surface area contributed by atoms with Crippen molar-refractivity contribution in [3.8, 4) is 5.75 Å². The highest BCUT2D eigenvalue weighted by Gasteiger charge is 1.98. The molecule has 4 heteroatoms.